The molecule has 0 N–H and O–H groups in total. The van der Waals surface area contributed by atoms with E-state index in [-0.39, 0.29) is 19.6 Å². The Hall–Kier alpha value is -2.06. The number of aromatic nitrogens is 1. The summed E-state index contributed by atoms with van der Waals surface area (Å²) in [6.07, 6.45) is -4.16. The van der Waals surface area contributed by atoms with Gasteiger partial charge in [0.2, 0.25) is 11.7 Å². The van der Waals surface area contributed by atoms with Crippen molar-refractivity contribution < 1.29 is 31.9 Å². The highest BCUT2D eigenvalue weighted by molar-refractivity contribution is 5.94. The van der Waals surface area contributed by atoms with Crippen LogP contribution in [0.4, 0.5) is 19.2 Å². The van der Waals surface area contributed by atoms with E-state index >= 15 is 0 Å². The van der Waals surface area contributed by atoms with E-state index in [0.717, 1.165) is 4.90 Å². The van der Waals surface area contributed by atoms with E-state index in [0.29, 0.717) is 6.42 Å². The van der Waals surface area contributed by atoms with Crippen LogP contribution in [0.5, 0.6) is 0 Å². The van der Waals surface area contributed by atoms with E-state index in [9.17, 15) is 22.8 Å². The molecule has 6 nitrogen and oxygen atoms in total. The summed E-state index contributed by atoms with van der Waals surface area (Å²) >= 11 is 0. The van der Waals surface area contributed by atoms with E-state index in [2.05, 4.69) is 9.72 Å². The van der Waals surface area contributed by atoms with Crippen molar-refractivity contribution in [2.45, 2.75) is 25.9 Å². The zero-order valence-electron chi connectivity index (χ0n) is 10.5. The normalized spacial score (nSPS) is 15.8. The molecule has 2 heterocycles. The van der Waals surface area contributed by atoms with Gasteiger partial charge < -0.3 is 9.15 Å². The molecule has 1 saturated heterocycles. The lowest BCUT2D eigenvalue weighted by molar-refractivity contribution is -0.141. The van der Waals surface area contributed by atoms with Crippen LogP contribution < -0.4 is 4.90 Å². The summed E-state index contributed by atoms with van der Waals surface area (Å²) in [7, 11) is 0. The van der Waals surface area contributed by atoms with Gasteiger partial charge in [-0.15, -0.1) is 0 Å². The molecule has 0 atom stereocenters. The topological polar surface area (TPSA) is 72.6 Å². The molecule has 1 aliphatic rings. The van der Waals surface area contributed by atoms with Gasteiger partial charge in [-0.3, -0.25) is 9.69 Å². The van der Waals surface area contributed by atoms with Gasteiger partial charge in [0, 0.05) is 13.0 Å². The number of hydrogen-bond acceptors (Lipinski definition) is 5. The first kappa shape index (κ1) is 14.4. The van der Waals surface area contributed by atoms with Crippen molar-refractivity contribution in [2.24, 2.45) is 0 Å². The van der Waals surface area contributed by atoms with Crippen molar-refractivity contribution in [3.63, 3.8) is 0 Å². The molecule has 1 aromatic rings. The Labute approximate surface area is 111 Å². The minimum Gasteiger partial charge on any atom is -0.460 e. The second-order valence-corrected chi connectivity index (χ2v) is 4.04. The molecule has 0 bridgehead atoms. The average molecular weight is 292 g/mol. The average Bonchev–Trinajstić information content (AvgIpc) is 2.94. The minimum absolute atomic E-state index is 0.102. The van der Waals surface area contributed by atoms with Gasteiger partial charge in [0.1, 0.15) is 0 Å². The van der Waals surface area contributed by atoms with E-state index in [1.54, 1.807) is 0 Å². The van der Waals surface area contributed by atoms with Crippen LogP contribution in [0.2, 0.25) is 0 Å². The molecule has 1 aromatic heterocycles. The molecule has 0 aromatic carbocycles. The van der Waals surface area contributed by atoms with E-state index < -0.39 is 35.5 Å². The third-order valence-electron chi connectivity index (χ3n) is 2.65. The number of ether oxygens (including phenoxy) is 1. The quantitative estimate of drug-likeness (QED) is 0.797. The maximum Gasteiger partial charge on any atom is 0.437 e. The smallest absolute Gasteiger partial charge is 0.437 e. The van der Waals surface area contributed by atoms with Crippen LogP contribution in [-0.4, -0.2) is 30.0 Å². The first-order chi connectivity index (χ1) is 9.34. The van der Waals surface area contributed by atoms with Crippen LogP contribution in [0.15, 0.2) is 4.42 Å². The Morgan fingerprint density at radius 3 is 2.70 bits per heavy atom. The zero-order valence-corrected chi connectivity index (χ0v) is 10.5. The number of carbonyl (C=O) groups excluding carboxylic acids is 2. The number of amides is 1. The second kappa shape index (κ2) is 5.14. The number of rotatable bonds is 3. The molecule has 0 spiro atoms. The van der Waals surface area contributed by atoms with E-state index in [1.165, 1.54) is 6.92 Å². The summed E-state index contributed by atoms with van der Waals surface area (Å²) in [6, 6.07) is -0.525. The van der Waals surface area contributed by atoms with Gasteiger partial charge in [-0.1, -0.05) is 0 Å². The molecular formula is C11H11F3N2O4. The summed E-state index contributed by atoms with van der Waals surface area (Å²) in [5.74, 6) is -2.69. The maximum absolute atomic E-state index is 12.8. The van der Waals surface area contributed by atoms with Crippen LogP contribution in [0.1, 0.15) is 36.0 Å². The highest BCUT2D eigenvalue weighted by atomic mass is 19.4. The lowest BCUT2D eigenvalue weighted by Gasteiger charge is -2.08. The standard InChI is InChI=1S/C11H11F3N2O4/c1-2-19-9(18)7-8(11(12,13)14)15-10(20-7)16-5-3-4-6(16)17/h2-5H2,1H3. The molecular weight excluding hydrogens is 281 g/mol. The highest BCUT2D eigenvalue weighted by Crippen LogP contribution is 2.35. The van der Waals surface area contributed by atoms with E-state index in [4.69, 9.17) is 4.42 Å². The number of alkyl halides is 3. The van der Waals surface area contributed by atoms with Crippen molar-refractivity contribution in [3.8, 4) is 0 Å². The summed E-state index contributed by atoms with van der Waals surface area (Å²) in [6.45, 7) is 1.56. The predicted molar refractivity (Wildman–Crippen MR) is 59.0 cm³/mol. The Bertz CT molecular complexity index is 538. The number of carbonyl (C=O) groups is 2. The fourth-order valence-electron chi connectivity index (χ4n) is 1.80. The van der Waals surface area contributed by atoms with Crippen molar-refractivity contribution in [2.75, 3.05) is 18.1 Å². The van der Waals surface area contributed by atoms with Crippen molar-refractivity contribution in [1.82, 2.24) is 4.98 Å². The lowest BCUT2D eigenvalue weighted by Crippen LogP contribution is -2.24. The molecule has 1 aliphatic heterocycles. The van der Waals surface area contributed by atoms with Crippen molar-refractivity contribution >= 4 is 17.9 Å². The second-order valence-electron chi connectivity index (χ2n) is 4.04. The minimum atomic E-state index is -4.87. The summed E-state index contributed by atoms with van der Waals surface area (Å²) in [5.41, 5.74) is -1.48. The maximum atomic E-state index is 12.8. The van der Waals surface area contributed by atoms with Crippen LogP contribution in [0.3, 0.4) is 0 Å². The fourth-order valence-corrected chi connectivity index (χ4v) is 1.80. The number of esters is 1. The van der Waals surface area contributed by atoms with Gasteiger partial charge in [-0.2, -0.15) is 18.2 Å². The largest absolute Gasteiger partial charge is 0.460 e. The highest BCUT2D eigenvalue weighted by Gasteiger charge is 2.43. The van der Waals surface area contributed by atoms with Crippen molar-refractivity contribution in [3.05, 3.63) is 11.5 Å². The number of anilines is 1. The Morgan fingerprint density at radius 1 is 1.50 bits per heavy atom. The van der Waals surface area contributed by atoms with E-state index in [1.807, 2.05) is 0 Å². The Kier molecular flexibility index (Phi) is 3.69. The van der Waals surface area contributed by atoms with Gasteiger partial charge in [0.15, 0.2) is 5.69 Å². The van der Waals surface area contributed by atoms with Crippen molar-refractivity contribution in [1.29, 1.82) is 0 Å². The molecule has 0 aliphatic carbocycles. The van der Waals surface area contributed by atoms with Crippen LogP contribution in [0, 0.1) is 0 Å². The number of oxazole rings is 1. The van der Waals surface area contributed by atoms with Crippen LogP contribution in [0.25, 0.3) is 0 Å². The summed E-state index contributed by atoms with van der Waals surface area (Å²) in [5, 5.41) is 0. The molecule has 2 rings (SSSR count). The monoisotopic (exact) mass is 292 g/mol. The summed E-state index contributed by atoms with van der Waals surface area (Å²) < 4.78 is 47.7. The first-order valence-electron chi connectivity index (χ1n) is 5.90. The van der Waals surface area contributed by atoms with Gasteiger partial charge in [0.25, 0.3) is 0 Å². The van der Waals surface area contributed by atoms with Gasteiger partial charge in [0.05, 0.1) is 6.61 Å². The molecule has 1 amide bonds. The zero-order chi connectivity index (χ0) is 14.9. The van der Waals surface area contributed by atoms with Gasteiger partial charge >= 0.3 is 18.2 Å². The van der Waals surface area contributed by atoms with Gasteiger partial charge in [-0.05, 0) is 13.3 Å². The molecule has 1 fully saturated rings. The number of halogens is 3. The Balaban J connectivity index is 2.41. The third kappa shape index (κ3) is 2.61. The molecule has 110 valence electrons. The fraction of sp³-hybridized carbons (Fsp3) is 0.545. The lowest BCUT2D eigenvalue weighted by atomic mass is 10.3. The number of nitrogens with zero attached hydrogens (tertiary/aromatic N) is 2. The van der Waals surface area contributed by atoms with Gasteiger partial charge in [-0.25, -0.2) is 4.79 Å². The summed E-state index contributed by atoms with van der Waals surface area (Å²) in [4.78, 5) is 27.1. The Morgan fingerprint density at radius 2 is 2.20 bits per heavy atom. The first-order valence-corrected chi connectivity index (χ1v) is 5.90. The molecule has 0 radical (unpaired) electrons. The third-order valence-corrected chi connectivity index (χ3v) is 2.65. The SMILES string of the molecule is CCOC(=O)c1oc(N2CCCC2=O)nc1C(F)(F)F. The predicted octanol–water partition coefficient (Wildman–Crippen LogP) is 2.00. The van der Waals surface area contributed by atoms with Crippen LogP contribution >= 0.6 is 0 Å². The van der Waals surface area contributed by atoms with Crippen LogP contribution in [-0.2, 0) is 15.7 Å². The molecule has 0 unspecified atom stereocenters. The molecule has 9 heteroatoms. The number of hydrogen-bond donors (Lipinski definition) is 0. The molecule has 0 saturated carbocycles. The molecule has 20 heavy (non-hydrogen) atoms.